The molecule has 5 nitrogen and oxygen atoms in total. The first-order valence-corrected chi connectivity index (χ1v) is 7.59. The van der Waals surface area contributed by atoms with Gasteiger partial charge in [0.1, 0.15) is 5.69 Å². The molecule has 0 N–H and O–H groups in total. The van der Waals surface area contributed by atoms with Gasteiger partial charge in [0.25, 0.3) is 0 Å². The molecule has 0 fully saturated rings. The average Bonchev–Trinajstić information content (AvgIpc) is 3.07. The van der Waals surface area contributed by atoms with Crippen molar-refractivity contribution in [2.45, 2.75) is 5.88 Å². The molecule has 0 aliphatic carbocycles. The van der Waals surface area contributed by atoms with Crippen molar-refractivity contribution in [1.82, 2.24) is 9.38 Å². The van der Waals surface area contributed by atoms with Crippen LogP contribution < -0.4 is 14.2 Å². The van der Waals surface area contributed by atoms with E-state index in [0.29, 0.717) is 29.0 Å². The van der Waals surface area contributed by atoms with Crippen LogP contribution in [0.4, 0.5) is 0 Å². The molecule has 0 aliphatic heterocycles. The Morgan fingerprint density at radius 1 is 1.24 bits per heavy atom. The molecule has 0 saturated carbocycles. The highest BCUT2D eigenvalue weighted by atomic mass is 35.5. The molecule has 1 aromatic carbocycles. The molecule has 110 valence electrons. The molecule has 2 heterocycles. The van der Waals surface area contributed by atoms with Crippen molar-refractivity contribution < 1.29 is 14.2 Å². The smallest absolute Gasteiger partial charge is 0.243 e. The van der Waals surface area contributed by atoms with Crippen molar-refractivity contribution in [3.63, 3.8) is 0 Å². The summed E-state index contributed by atoms with van der Waals surface area (Å²) in [6, 6.07) is 5.44. The molecule has 0 radical (unpaired) electrons. The van der Waals surface area contributed by atoms with Gasteiger partial charge in [-0.2, -0.15) is 4.98 Å². The lowest BCUT2D eigenvalue weighted by atomic mass is 10.3. The first kappa shape index (κ1) is 14.0. The monoisotopic (exact) mass is 324 g/mol. The van der Waals surface area contributed by atoms with Crippen molar-refractivity contribution in [1.29, 1.82) is 0 Å². The fourth-order valence-corrected chi connectivity index (χ4v) is 3.00. The Labute approximate surface area is 130 Å². The second kappa shape index (κ2) is 5.83. The predicted molar refractivity (Wildman–Crippen MR) is 82.2 cm³/mol. The summed E-state index contributed by atoms with van der Waals surface area (Å²) in [7, 11) is 3.16. The summed E-state index contributed by atoms with van der Waals surface area (Å²) in [5.41, 5.74) is 0.792. The Kier molecular flexibility index (Phi) is 3.90. The number of para-hydroxylation sites is 1. The quantitative estimate of drug-likeness (QED) is 0.667. The Morgan fingerprint density at radius 2 is 1.95 bits per heavy atom. The number of imidazole rings is 1. The Bertz CT molecular complexity index is 747. The number of hydrogen-bond acceptors (Lipinski definition) is 5. The van der Waals surface area contributed by atoms with Crippen molar-refractivity contribution >= 4 is 27.9 Å². The zero-order valence-corrected chi connectivity index (χ0v) is 13.1. The van der Waals surface area contributed by atoms with Gasteiger partial charge in [-0.1, -0.05) is 6.07 Å². The molecule has 0 saturated heterocycles. The van der Waals surface area contributed by atoms with Gasteiger partial charge in [0.2, 0.25) is 11.6 Å². The Balaban J connectivity index is 2.07. The predicted octanol–water partition coefficient (Wildman–Crippen LogP) is 3.94. The highest BCUT2D eigenvalue weighted by Crippen LogP contribution is 2.41. The molecule has 0 amide bonds. The molecule has 0 bridgehead atoms. The fraction of sp³-hybridized carbons (Fsp3) is 0.214. The minimum atomic E-state index is 0.296. The van der Waals surface area contributed by atoms with Crippen LogP contribution >= 0.6 is 22.9 Å². The van der Waals surface area contributed by atoms with Crippen LogP contribution in [-0.4, -0.2) is 23.6 Å². The number of hydrogen-bond donors (Lipinski definition) is 0. The molecular weight excluding hydrogens is 312 g/mol. The van der Waals surface area contributed by atoms with Gasteiger partial charge in [0, 0.05) is 11.6 Å². The van der Waals surface area contributed by atoms with Crippen molar-refractivity contribution in [3.05, 3.63) is 35.5 Å². The topological polar surface area (TPSA) is 45.0 Å². The molecule has 0 unspecified atom stereocenters. The van der Waals surface area contributed by atoms with Crippen LogP contribution in [-0.2, 0) is 5.88 Å². The molecule has 0 spiro atoms. The van der Waals surface area contributed by atoms with Crippen LogP contribution in [0.1, 0.15) is 5.69 Å². The maximum atomic E-state index is 6.02. The zero-order chi connectivity index (χ0) is 14.8. The normalized spacial score (nSPS) is 10.8. The second-order valence-electron chi connectivity index (χ2n) is 4.15. The molecule has 7 heteroatoms. The lowest BCUT2D eigenvalue weighted by molar-refractivity contribution is 0.341. The summed E-state index contributed by atoms with van der Waals surface area (Å²) in [5, 5.41) is 1.95. The highest BCUT2D eigenvalue weighted by Gasteiger charge is 2.19. The second-order valence-corrected chi connectivity index (χ2v) is 5.29. The number of alkyl halides is 1. The van der Waals surface area contributed by atoms with Crippen LogP contribution in [0.3, 0.4) is 0 Å². The molecule has 0 atom stereocenters. The molecule has 3 aromatic rings. The van der Waals surface area contributed by atoms with E-state index in [2.05, 4.69) is 4.98 Å². The summed E-state index contributed by atoms with van der Waals surface area (Å²) >= 11 is 7.54. The van der Waals surface area contributed by atoms with Gasteiger partial charge in [0.05, 0.1) is 20.1 Å². The van der Waals surface area contributed by atoms with Gasteiger partial charge in [-0.15, -0.1) is 22.9 Å². The van der Waals surface area contributed by atoms with Crippen LogP contribution in [0.15, 0.2) is 29.8 Å². The van der Waals surface area contributed by atoms with Crippen LogP contribution in [0.5, 0.6) is 23.1 Å². The first-order chi connectivity index (χ1) is 10.3. The van der Waals surface area contributed by atoms with E-state index in [9.17, 15) is 0 Å². The number of ether oxygens (including phenoxy) is 3. The number of thiazole rings is 1. The Morgan fingerprint density at radius 3 is 2.57 bits per heavy atom. The standard InChI is InChI=1S/C14H13ClN2O3S/c1-18-10-4-3-5-11(19-2)12(10)20-13-9(8-15)17-6-7-21-14(17)16-13/h3-7H,8H2,1-2H3. The third-order valence-electron chi connectivity index (χ3n) is 3.03. The third kappa shape index (κ3) is 2.41. The molecule has 2 aromatic heterocycles. The van der Waals surface area contributed by atoms with Crippen LogP contribution in [0.2, 0.25) is 0 Å². The van der Waals surface area contributed by atoms with Gasteiger partial charge < -0.3 is 14.2 Å². The lowest BCUT2D eigenvalue weighted by Crippen LogP contribution is -1.96. The zero-order valence-electron chi connectivity index (χ0n) is 11.5. The van der Waals surface area contributed by atoms with E-state index in [1.165, 1.54) is 11.3 Å². The van der Waals surface area contributed by atoms with Crippen molar-refractivity contribution in [3.8, 4) is 23.1 Å². The van der Waals surface area contributed by atoms with E-state index in [1.807, 2.05) is 22.0 Å². The number of benzene rings is 1. The SMILES string of the molecule is COc1cccc(OC)c1Oc1nc2sccn2c1CCl. The molecular formula is C14H13ClN2O3S. The van der Waals surface area contributed by atoms with E-state index in [-0.39, 0.29) is 0 Å². The number of rotatable bonds is 5. The number of methoxy groups -OCH3 is 2. The number of fused-ring (bicyclic) bond motifs is 1. The summed E-state index contributed by atoms with van der Waals surface area (Å²) in [6.07, 6.45) is 1.91. The number of halogens is 1. The number of nitrogens with zero attached hydrogens (tertiary/aromatic N) is 2. The van der Waals surface area contributed by atoms with Gasteiger partial charge in [-0.3, -0.25) is 4.40 Å². The third-order valence-corrected chi connectivity index (χ3v) is 4.04. The van der Waals surface area contributed by atoms with Crippen molar-refractivity contribution in [2.75, 3.05) is 14.2 Å². The Hall–Kier alpha value is -1.92. The van der Waals surface area contributed by atoms with Crippen LogP contribution in [0, 0.1) is 0 Å². The van der Waals surface area contributed by atoms with Gasteiger partial charge in [-0.05, 0) is 12.1 Å². The average molecular weight is 325 g/mol. The molecule has 21 heavy (non-hydrogen) atoms. The van der Waals surface area contributed by atoms with E-state index in [4.69, 9.17) is 25.8 Å². The number of aromatic nitrogens is 2. The minimum absolute atomic E-state index is 0.296. The van der Waals surface area contributed by atoms with Crippen molar-refractivity contribution in [2.24, 2.45) is 0 Å². The van der Waals surface area contributed by atoms with E-state index < -0.39 is 0 Å². The highest BCUT2D eigenvalue weighted by molar-refractivity contribution is 7.15. The van der Waals surface area contributed by atoms with Gasteiger partial charge in [0.15, 0.2) is 16.5 Å². The largest absolute Gasteiger partial charge is 0.493 e. The van der Waals surface area contributed by atoms with Crippen LogP contribution in [0.25, 0.3) is 4.96 Å². The fourth-order valence-electron chi connectivity index (χ4n) is 2.03. The molecule has 0 aliphatic rings. The summed E-state index contributed by atoms with van der Waals surface area (Å²) in [6.45, 7) is 0. The van der Waals surface area contributed by atoms with Gasteiger partial charge in [-0.25, -0.2) is 0 Å². The first-order valence-electron chi connectivity index (χ1n) is 6.17. The molecule has 3 rings (SSSR count). The summed E-state index contributed by atoms with van der Waals surface area (Å²) in [4.78, 5) is 5.28. The maximum absolute atomic E-state index is 6.02. The minimum Gasteiger partial charge on any atom is -0.493 e. The van der Waals surface area contributed by atoms with E-state index in [0.717, 1.165) is 10.7 Å². The lowest BCUT2D eigenvalue weighted by Gasteiger charge is -2.12. The summed E-state index contributed by atoms with van der Waals surface area (Å²) < 4.78 is 18.5. The van der Waals surface area contributed by atoms with Gasteiger partial charge >= 0.3 is 0 Å². The maximum Gasteiger partial charge on any atom is 0.243 e. The van der Waals surface area contributed by atoms with E-state index in [1.54, 1.807) is 26.4 Å². The summed E-state index contributed by atoms with van der Waals surface area (Å²) in [5.74, 6) is 2.39. The van der Waals surface area contributed by atoms with E-state index >= 15 is 0 Å².